The molecular weight excluding hydrogens is 514 g/mol. The largest absolute Gasteiger partial charge is 0.271 e. The Morgan fingerprint density at radius 2 is 1.81 bits per heavy atom. The number of nitrogens with one attached hydrogen (secondary N) is 1. The predicted octanol–water partition coefficient (Wildman–Crippen LogP) is 5.06. The summed E-state index contributed by atoms with van der Waals surface area (Å²) in [5, 5.41) is 4.42. The number of rotatable bonds is 7. The lowest BCUT2D eigenvalue weighted by Crippen LogP contribution is -2.40. The van der Waals surface area contributed by atoms with Gasteiger partial charge in [-0.15, -0.1) is 0 Å². The number of carbonyl (C=O) groups is 1. The van der Waals surface area contributed by atoms with Crippen molar-refractivity contribution in [2.75, 3.05) is 10.8 Å². The maximum absolute atomic E-state index is 13.4. The number of hydrazone groups is 1. The molecule has 6 nitrogen and oxygen atoms in total. The Bertz CT molecular complexity index is 1260. The second-order valence-electron chi connectivity index (χ2n) is 7.10. The molecular formula is C23H21BrClN3O3S. The van der Waals surface area contributed by atoms with E-state index in [2.05, 4.69) is 26.5 Å². The fraction of sp³-hybridized carbons (Fsp3) is 0.130. The summed E-state index contributed by atoms with van der Waals surface area (Å²) in [4.78, 5) is 12.7. The molecule has 3 rings (SSSR count). The fourth-order valence-corrected chi connectivity index (χ4v) is 5.10. The first-order valence-electron chi connectivity index (χ1n) is 9.60. The molecule has 0 aromatic heterocycles. The van der Waals surface area contributed by atoms with Crippen molar-refractivity contribution in [2.24, 2.45) is 5.10 Å². The average molecular weight is 535 g/mol. The van der Waals surface area contributed by atoms with Crippen LogP contribution in [0.2, 0.25) is 5.02 Å². The first-order chi connectivity index (χ1) is 15.2. The first-order valence-corrected chi connectivity index (χ1v) is 12.2. The number of sulfonamides is 1. The summed E-state index contributed by atoms with van der Waals surface area (Å²) >= 11 is 9.41. The van der Waals surface area contributed by atoms with Gasteiger partial charge in [-0.25, -0.2) is 13.8 Å². The van der Waals surface area contributed by atoms with Gasteiger partial charge >= 0.3 is 0 Å². The lowest BCUT2D eigenvalue weighted by molar-refractivity contribution is -0.119. The number of nitrogens with zero attached hydrogens (tertiary/aromatic N) is 2. The van der Waals surface area contributed by atoms with Crippen LogP contribution in [0.25, 0.3) is 0 Å². The first kappa shape index (κ1) is 24.0. The molecule has 0 saturated heterocycles. The Kier molecular flexibility index (Phi) is 7.71. The number of carbonyl (C=O) groups excluding carboxylic acids is 1. The van der Waals surface area contributed by atoms with Crippen molar-refractivity contribution in [1.29, 1.82) is 0 Å². The summed E-state index contributed by atoms with van der Waals surface area (Å²) < 4.78 is 28.8. The van der Waals surface area contributed by atoms with Crippen molar-refractivity contribution in [3.63, 3.8) is 0 Å². The smallest absolute Gasteiger partial charge is 0.264 e. The number of benzene rings is 3. The molecule has 0 aliphatic rings. The topological polar surface area (TPSA) is 78.8 Å². The maximum Gasteiger partial charge on any atom is 0.264 e. The number of aryl methyl sites for hydroxylation is 2. The summed E-state index contributed by atoms with van der Waals surface area (Å²) in [5.41, 5.74) is 5.09. The van der Waals surface area contributed by atoms with Gasteiger partial charge < -0.3 is 0 Å². The quantitative estimate of drug-likeness (QED) is 0.340. The van der Waals surface area contributed by atoms with Crippen LogP contribution in [-0.2, 0) is 14.8 Å². The highest BCUT2D eigenvalue weighted by Gasteiger charge is 2.28. The van der Waals surface area contributed by atoms with E-state index in [0.29, 0.717) is 16.3 Å². The molecule has 166 valence electrons. The van der Waals surface area contributed by atoms with Crippen molar-refractivity contribution in [3.8, 4) is 0 Å². The zero-order valence-corrected chi connectivity index (χ0v) is 20.6. The van der Waals surface area contributed by atoms with Gasteiger partial charge in [0, 0.05) is 9.50 Å². The van der Waals surface area contributed by atoms with Crippen molar-refractivity contribution in [1.82, 2.24) is 5.43 Å². The van der Waals surface area contributed by atoms with Crippen molar-refractivity contribution in [3.05, 3.63) is 92.9 Å². The van der Waals surface area contributed by atoms with Gasteiger partial charge in [-0.05, 0) is 67.4 Å². The minimum atomic E-state index is -4.01. The fourth-order valence-electron chi connectivity index (χ4n) is 2.97. The Balaban J connectivity index is 1.88. The number of anilines is 1. The van der Waals surface area contributed by atoms with E-state index in [1.165, 1.54) is 18.3 Å². The van der Waals surface area contributed by atoms with Gasteiger partial charge in [0.25, 0.3) is 15.9 Å². The van der Waals surface area contributed by atoms with E-state index in [4.69, 9.17) is 11.6 Å². The minimum Gasteiger partial charge on any atom is -0.271 e. The van der Waals surface area contributed by atoms with E-state index in [-0.39, 0.29) is 4.90 Å². The molecule has 1 N–H and O–H groups in total. The monoisotopic (exact) mass is 533 g/mol. The Morgan fingerprint density at radius 3 is 2.47 bits per heavy atom. The Hall–Kier alpha value is -2.68. The third-order valence-corrected chi connectivity index (χ3v) is 7.08. The third-order valence-electron chi connectivity index (χ3n) is 4.58. The van der Waals surface area contributed by atoms with E-state index in [1.807, 2.05) is 31.2 Å². The van der Waals surface area contributed by atoms with Crippen LogP contribution in [0.5, 0.6) is 0 Å². The van der Waals surface area contributed by atoms with Crippen LogP contribution >= 0.6 is 27.5 Å². The molecule has 0 spiro atoms. The zero-order valence-electron chi connectivity index (χ0n) is 17.4. The Morgan fingerprint density at radius 1 is 1.09 bits per heavy atom. The zero-order chi connectivity index (χ0) is 23.3. The predicted molar refractivity (Wildman–Crippen MR) is 132 cm³/mol. The number of hydrogen-bond acceptors (Lipinski definition) is 4. The van der Waals surface area contributed by atoms with Gasteiger partial charge in [0.15, 0.2) is 0 Å². The molecule has 0 aliphatic heterocycles. The van der Waals surface area contributed by atoms with E-state index in [1.54, 1.807) is 37.3 Å². The molecule has 3 aromatic rings. The van der Waals surface area contributed by atoms with Gasteiger partial charge in [-0.1, -0.05) is 57.4 Å². The van der Waals surface area contributed by atoms with Gasteiger partial charge in [0.05, 0.1) is 16.8 Å². The van der Waals surface area contributed by atoms with Crippen molar-refractivity contribution >= 4 is 55.4 Å². The summed E-state index contributed by atoms with van der Waals surface area (Å²) in [7, 11) is -4.01. The molecule has 0 radical (unpaired) electrons. The van der Waals surface area contributed by atoms with E-state index in [9.17, 15) is 13.2 Å². The lowest BCUT2D eigenvalue weighted by atomic mass is 10.2. The summed E-state index contributed by atoms with van der Waals surface area (Å²) in [6.07, 6.45) is 1.48. The average Bonchev–Trinajstić information content (AvgIpc) is 2.73. The molecule has 0 atom stereocenters. The lowest BCUT2D eigenvalue weighted by Gasteiger charge is -2.25. The van der Waals surface area contributed by atoms with Crippen LogP contribution in [0.1, 0.15) is 16.7 Å². The highest BCUT2D eigenvalue weighted by atomic mass is 79.9. The molecule has 0 aliphatic carbocycles. The van der Waals surface area contributed by atoms with Crippen molar-refractivity contribution < 1.29 is 13.2 Å². The van der Waals surface area contributed by atoms with Crippen molar-refractivity contribution in [2.45, 2.75) is 18.7 Å². The van der Waals surface area contributed by atoms with Crippen LogP contribution in [0.4, 0.5) is 5.69 Å². The standard InChI is InChI=1S/C23H21BrClN3O3S/c1-16-6-9-21(10-7-16)32(30,31)28(22-11-8-20(25)12-17(22)2)15-23(29)27-26-14-18-4-3-5-19(24)13-18/h3-14H,15H2,1-2H3,(H,27,29)/b26-14-. The highest BCUT2D eigenvalue weighted by molar-refractivity contribution is 9.10. The molecule has 32 heavy (non-hydrogen) atoms. The number of hydrogen-bond donors (Lipinski definition) is 1. The molecule has 0 heterocycles. The summed E-state index contributed by atoms with van der Waals surface area (Å²) in [5.74, 6) is -0.582. The van der Waals surface area contributed by atoms with Crippen LogP contribution in [0.3, 0.4) is 0 Å². The van der Waals surface area contributed by atoms with Gasteiger partial charge in [-0.2, -0.15) is 5.10 Å². The molecule has 0 unspecified atom stereocenters. The van der Waals surface area contributed by atoms with E-state index >= 15 is 0 Å². The summed E-state index contributed by atoms with van der Waals surface area (Å²) in [6, 6.07) is 18.7. The van der Waals surface area contributed by atoms with Crippen LogP contribution in [0, 0.1) is 13.8 Å². The van der Waals surface area contributed by atoms with Gasteiger partial charge in [0.2, 0.25) is 0 Å². The molecule has 1 amide bonds. The molecule has 0 fully saturated rings. The van der Waals surface area contributed by atoms with Crippen LogP contribution in [0.15, 0.2) is 81.2 Å². The molecule has 3 aromatic carbocycles. The van der Waals surface area contributed by atoms with Crippen LogP contribution < -0.4 is 9.73 Å². The second kappa shape index (κ2) is 10.3. The number of halogens is 2. The highest BCUT2D eigenvalue weighted by Crippen LogP contribution is 2.29. The van der Waals surface area contributed by atoms with E-state index in [0.717, 1.165) is 19.9 Å². The molecule has 0 saturated carbocycles. The molecule has 9 heteroatoms. The van der Waals surface area contributed by atoms with Crippen LogP contribution in [-0.4, -0.2) is 27.1 Å². The molecule has 0 bridgehead atoms. The van der Waals surface area contributed by atoms with Gasteiger partial charge in [0.1, 0.15) is 6.54 Å². The number of amides is 1. The summed E-state index contributed by atoms with van der Waals surface area (Å²) in [6.45, 7) is 3.16. The minimum absolute atomic E-state index is 0.0860. The SMILES string of the molecule is Cc1ccc(S(=O)(=O)N(CC(=O)N/N=C\c2cccc(Br)c2)c2ccc(Cl)cc2C)cc1. The van der Waals surface area contributed by atoms with Gasteiger partial charge in [-0.3, -0.25) is 9.10 Å². The second-order valence-corrected chi connectivity index (χ2v) is 10.3. The van der Waals surface area contributed by atoms with E-state index < -0.39 is 22.5 Å². The third kappa shape index (κ3) is 5.97. The Labute approximate surface area is 201 Å². The maximum atomic E-state index is 13.4. The normalized spacial score (nSPS) is 11.5.